The van der Waals surface area contributed by atoms with Gasteiger partial charge < -0.3 is 11.1 Å². The molecule has 0 bridgehead atoms. The lowest BCUT2D eigenvalue weighted by Crippen LogP contribution is -2.27. The molecule has 2 rings (SSSR count). The summed E-state index contributed by atoms with van der Waals surface area (Å²) >= 11 is 0. The van der Waals surface area contributed by atoms with Gasteiger partial charge in [0, 0.05) is 12.2 Å². The molecule has 0 aliphatic heterocycles. The van der Waals surface area contributed by atoms with Gasteiger partial charge in [0.2, 0.25) is 0 Å². The fourth-order valence-electron chi connectivity index (χ4n) is 2.83. The Morgan fingerprint density at radius 1 is 1.42 bits per heavy atom. The van der Waals surface area contributed by atoms with E-state index in [1.807, 2.05) is 0 Å². The van der Waals surface area contributed by atoms with Crippen LogP contribution >= 0.6 is 0 Å². The van der Waals surface area contributed by atoms with Gasteiger partial charge in [0.15, 0.2) is 5.82 Å². The van der Waals surface area contributed by atoms with Crippen LogP contribution < -0.4 is 11.1 Å². The summed E-state index contributed by atoms with van der Waals surface area (Å²) in [6.07, 6.45) is 6.31. The van der Waals surface area contributed by atoms with Crippen molar-refractivity contribution in [3.05, 3.63) is 11.3 Å². The summed E-state index contributed by atoms with van der Waals surface area (Å²) in [7, 11) is 0. The number of aromatic amines is 1. The van der Waals surface area contributed by atoms with E-state index in [2.05, 4.69) is 22.4 Å². The number of carbonyl (C=O) groups is 1. The molecule has 0 spiro atoms. The SMILES string of the molecule is Cc1[nH]nc(N)c1C(=O)NCCC1CCC(C)CC1. The van der Waals surface area contributed by atoms with E-state index in [0.29, 0.717) is 5.56 Å². The Balaban J connectivity index is 1.75. The molecule has 19 heavy (non-hydrogen) atoms. The van der Waals surface area contributed by atoms with E-state index in [4.69, 9.17) is 5.73 Å². The minimum atomic E-state index is -0.118. The standard InChI is InChI=1S/C14H24N4O/c1-9-3-5-11(6-4-9)7-8-16-14(19)12-10(2)17-18-13(12)15/h9,11H,3-8H2,1-2H3,(H,16,19)(H3,15,17,18). The fraction of sp³-hybridized carbons (Fsp3) is 0.714. The summed E-state index contributed by atoms with van der Waals surface area (Å²) in [6.45, 7) is 4.85. The quantitative estimate of drug-likeness (QED) is 0.779. The van der Waals surface area contributed by atoms with Crippen molar-refractivity contribution >= 4 is 11.7 Å². The lowest BCUT2D eigenvalue weighted by atomic mass is 9.81. The van der Waals surface area contributed by atoms with Crippen LogP contribution in [0.2, 0.25) is 0 Å². The molecule has 0 saturated heterocycles. The topological polar surface area (TPSA) is 83.8 Å². The number of nitrogens with zero attached hydrogens (tertiary/aromatic N) is 1. The number of hydrogen-bond donors (Lipinski definition) is 3. The van der Waals surface area contributed by atoms with Gasteiger partial charge in [-0.3, -0.25) is 9.89 Å². The van der Waals surface area contributed by atoms with Gasteiger partial charge in [-0.05, 0) is 25.2 Å². The highest BCUT2D eigenvalue weighted by Gasteiger charge is 2.19. The maximum absolute atomic E-state index is 12.0. The van der Waals surface area contributed by atoms with E-state index in [-0.39, 0.29) is 11.7 Å². The first kappa shape index (κ1) is 13.9. The molecular formula is C14H24N4O. The third-order valence-electron chi connectivity index (χ3n) is 4.18. The van der Waals surface area contributed by atoms with E-state index in [1.165, 1.54) is 25.7 Å². The Kier molecular flexibility index (Phi) is 4.45. The first-order valence-corrected chi connectivity index (χ1v) is 7.16. The Hall–Kier alpha value is -1.52. The molecule has 0 aromatic carbocycles. The number of carbonyl (C=O) groups excluding carboxylic acids is 1. The number of hydrogen-bond acceptors (Lipinski definition) is 3. The zero-order chi connectivity index (χ0) is 13.8. The van der Waals surface area contributed by atoms with Crippen LogP contribution in [0, 0.1) is 18.8 Å². The molecule has 1 aromatic rings. The second-order valence-corrected chi connectivity index (χ2v) is 5.78. The van der Waals surface area contributed by atoms with Crippen molar-refractivity contribution in [3.8, 4) is 0 Å². The molecule has 1 aromatic heterocycles. The molecule has 1 aliphatic carbocycles. The van der Waals surface area contributed by atoms with Crippen molar-refractivity contribution in [2.75, 3.05) is 12.3 Å². The summed E-state index contributed by atoms with van der Waals surface area (Å²) in [4.78, 5) is 12.0. The average Bonchev–Trinajstić information content (AvgIpc) is 2.71. The Bertz CT molecular complexity index is 413. The molecule has 106 valence electrons. The van der Waals surface area contributed by atoms with Crippen LogP contribution in [0.1, 0.15) is 55.1 Å². The van der Waals surface area contributed by atoms with Crippen molar-refractivity contribution in [2.45, 2.75) is 46.0 Å². The zero-order valence-corrected chi connectivity index (χ0v) is 11.8. The molecule has 1 heterocycles. The van der Waals surface area contributed by atoms with Gasteiger partial charge in [0.1, 0.15) is 5.56 Å². The van der Waals surface area contributed by atoms with E-state index in [0.717, 1.165) is 30.5 Å². The number of nitrogen functional groups attached to an aromatic ring is 1. The number of nitrogens with two attached hydrogens (primary N) is 1. The Morgan fingerprint density at radius 2 is 2.11 bits per heavy atom. The third kappa shape index (κ3) is 3.49. The van der Waals surface area contributed by atoms with Crippen LogP contribution in [-0.4, -0.2) is 22.6 Å². The van der Waals surface area contributed by atoms with Crippen LogP contribution in [0.5, 0.6) is 0 Å². The summed E-state index contributed by atoms with van der Waals surface area (Å²) in [5.74, 6) is 1.80. The Labute approximate surface area is 114 Å². The van der Waals surface area contributed by atoms with E-state index in [1.54, 1.807) is 6.92 Å². The number of nitrogens with one attached hydrogen (secondary N) is 2. The first-order valence-electron chi connectivity index (χ1n) is 7.16. The number of amides is 1. The average molecular weight is 264 g/mol. The van der Waals surface area contributed by atoms with Crippen molar-refractivity contribution in [2.24, 2.45) is 11.8 Å². The lowest BCUT2D eigenvalue weighted by Gasteiger charge is -2.26. The molecule has 0 unspecified atom stereocenters. The highest BCUT2D eigenvalue weighted by atomic mass is 16.1. The number of rotatable bonds is 4. The van der Waals surface area contributed by atoms with Crippen molar-refractivity contribution in [3.63, 3.8) is 0 Å². The van der Waals surface area contributed by atoms with Crippen molar-refractivity contribution in [1.29, 1.82) is 0 Å². The van der Waals surface area contributed by atoms with E-state index < -0.39 is 0 Å². The predicted molar refractivity (Wildman–Crippen MR) is 75.8 cm³/mol. The largest absolute Gasteiger partial charge is 0.382 e. The summed E-state index contributed by atoms with van der Waals surface area (Å²) < 4.78 is 0. The smallest absolute Gasteiger partial charge is 0.256 e. The molecule has 0 atom stereocenters. The number of aryl methyl sites for hydroxylation is 1. The number of anilines is 1. The van der Waals surface area contributed by atoms with Crippen LogP contribution in [0.3, 0.4) is 0 Å². The fourth-order valence-corrected chi connectivity index (χ4v) is 2.83. The second kappa shape index (κ2) is 6.08. The van der Waals surface area contributed by atoms with Crippen LogP contribution in [0.4, 0.5) is 5.82 Å². The molecule has 4 N–H and O–H groups in total. The van der Waals surface area contributed by atoms with Crippen molar-refractivity contribution in [1.82, 2.24) is 15.5 Å². The zero-order valence-electron chi connectivity index (χ0n) is 11.8. The van der Waals surface area contributed by atoms with Crippen LogP contribution in [0.25, 0.3) is 0 Å². The molecule has 1 amide bonds. The second-order valence-electron chi connectivity index (χ2n) is 5.78. The summed E-state index contributed by atoms with van der Waals surface area (Å²) in [5.41, 5.74) is 6.88. The van der Waals surface area contributed by atoms with E-state index in [9.17, 15) is 4.79 Å². The normalized spacial score (nSPS) is 23.3. The maximum Gasteiger partial charge on any atom is 0.256 e. The van der Waals surface area contributed by atoms with Crippen LogP contribution in [-0.2, 0) is 0 Å². The van der Waals surface area contributed by atoms with Gasteiger partial charge in [-0.2, -0.15) is 5.10 Å². The van der Waals surface area contributed by atoms with Crippen molar-refractivity contribution < 1.29 is 4.79 Å². The van der Waals surface area contributed by atoms with E-state index >= 15 is 0 Å². The monoisotopic (exact) mass is 264 g/mol. The molecule has 5 heteroatoms. The first-order chi connectivity index (χ1) is 9.08. The van der Waals surface area contributed by atoms with Gasteiger partial charge in [-0.15, -0.1) is 0 Å². The molecule has 5 nitrogen and oxygen atoms in total. The molecule has 0 radical (unpaired) electrons. The summed E-state index contributed by atoms with van der Waals surface area (Å²) in [6, 6.07) is 0. The highest BCUT2D eigenvalue weighted by molar-refractivity contribution is 5.99. The molecule has 1 aliphatic rings. The van der Waals surface area contributed by atoms with Gasteiger partial charge in [0.25, 0.3) is 5.91 Å². The number of H-pyrrole nitrogens is 1. The van der Waals surface area contributed by atoms with Gasteiger partial charge in [-0.25, -0.2) is 0 Å². The lowest BCUT2D eigenvalue weighted by molar-refractivity contribution is 0.0950. The van der Waals surface area contributed by atoms with Gasteiger partial charge in [-0.1, -0.05) is 32.6 Å². The minimum absolute atomic E-state index is 0.118. The number of aromatic nitrogens is 2. The summed E-state index contributed by atoms with van der Waals surface area (Å²) in [5, 5.41) is 9.51. The molecule has 1 saturated carbocycles. The van der Waals surface area contributed by atoms with Crippen LogP contribution in [0.15, 0.2) is 0 Å². The van der Waals surface area contributed by atoms with Gasteiger partial charge in [0.05, 0.1) is 0 Å². The third-order valence-corrected chi connectivity index (χ3v) is 4.18. The molecule has 1 fully saturated rings. The highest BCUT2D eigenvalue weighted by Crippen LogP contribution is 2.29. The Morgan fingerprint density at radius 3 is 2.68 bits per heavy atom. The predicted octanol–water partition coefficient (Wildman–Crippen LogP) is 2.25. The maximum atomic E-state index is 12.0. The molecular weight excluding hydrogens is 240 g/mol. The minimum Gasteiger partial charge on any atom is -0.382 e. The van der Waals surface area contributed by atoms with Gasteiger partial charge >= 0.3 is 0 Å².